The van der Waals surface area contributed by atoms with Crippen LogP contribution >= 0.6 is 0 Å². The first-order valence-corrected chi connectivity index (χ1v) is 3.89. The highest BCUT2D eigenvalue weighted by Crippen LogP contribution is 2.13. The third kappa shape index (κ3) is 1.38. The predicted octanol–water partition coefficient (Wildman–Crippen LogP) is 1.33. The van der Waals surface area contributed by atoms with Gasteiger partial charge in [-0.2, -0.15) is 0 Å². The number of carbonyl (C=O) groups is 1. The number of H-pyrrole nitrogens is 1. The van der Waals surface area contributed by atoms with Crippen molar-refractivity contribution in [2.45, 2.75) is 6.92 Å². The molecule has 1 aromatic rings. The molecule has 0 aliphatic carbocycles. The van der Waals surface area contributed by atoms with E-state index in [4.69, 9.17) is 0 Å². The van der Waals surface area contributed by atoms with E-state index in [1.807, 2.05) is 12.1 Å². The van der Waals surface area contributed by atoms with Crippen molar-refractivity contribution in [3.05, 3.63) is 29.6 Å². The average molecular weight is 176 g/mol. The largest absolute Gasteiger partial charge is 0.367 e. The molecule has 0 atom stereocenters. The molecule has 0 unspecified atom stereocenters. The van der Waals surface area contributed by atoms with Gasteiger partial charge in [0.2, 0.25) is 0 Å². The summed E-state index contributed by atoms with van der Waals surface area (Å²) >= 11 is 0. The Labute approximate surface area is 74.9 Å². The number of carbonyl (C=O) groups excluding carboxylic acids is 1. The van der Waals surface area contributed by atoms with Crippen molar-refractivity contribution in [3.63, 3.8) is 0 Å². The average Bonchev–Trinajstić information content (AvgIpc) is 2.70. The van der Waals surface area contributed by atoms with Gasteiger partial charge >= 0.3 is 5.97 Å². The molecule has 0 amide bonds. The van der Waals surface area contributed by atoms with Crippen LogP contribution in [0.25, 0.3) is 6.08 Å². The number of oxime groups is 1. The van der Waals surface area contributed by atoms with Crippen LogP contribution in [-0.4, -0.2) is 16.7 Å². The quantitative estimate of drug-likeness (QED) is 0.518. The summed E-state index contributed by atoms with van der Waals surface area (Å²) in [6, 6.07) is 3.73. The van der Waals surface area contributed by atoms with Gasteiger partial charge in [0.25, 0.3) is 0 Å². The Morgan fingerprint density at radius 3 is 3.00 bits per heavy atom. The summed E-state index contributed by atoms with van der Waals surface area (Å²) in [5.74, 6) is -0.396. The van der Waals surface area contributed by atoms with Crippen molar-refractivity contribution < 1.29 is 9.63 Å². The van der Waals surface area contributed by atoms with E-state index in [9.17, 15) is 4.79 Å². The molecule has 1 aromatic heterocycles. The van der Waals surface area contributed by atoms with Gasteiger partial charge in [-0.15, -0.1) is 0 Å². The molecule has 0 bridgehead atoms. The van der Waals surface area contributed by atoms with Gasteiger partial charge < -0.3 is 9.82 Å². The van der Waals surface area contributed by atoms with Gasteiger partial charge in [-0.3, -0.25) is 0 Å². The Kier molecular flexibility index (Phi) is 1.73. The molecule has 13 heavy (non-hydrogen) atoms. The topological polar surface area (TPSA) is 54.4 Å². The Balaban J connectivity index is 2.35. The normalized spacial score (nSPS) is 19.0. The van der Waals surface area contributed by atoms with E-state index < -0.39 is 5.97 Å². The molecule has 4 nitrogen and oxygen atoms in total. The lowest BCUT2D eigenvalue weighted by molar-refractivity contribution is -0.136. The van der Waals surface area contributed by atoms with Crippen LogP contribution < -0.4 is 0 Å². The molecule has 4 heteroatoms. The molecule has 0 saturated heterocycles. The first kappa shape index (κ1) is 7.79. The molecule has 1 N–H and O–H groups in total. The summed E-state index contributed by atoms with van der Waals surface area (Å²) in [4.78, 5) is 18.6. The Hall–Kier alpha value is -1.84. The van der Waals surface area contributed by atoms with E-state index in [1.165, 1.54) is 0 Å². The summed E-state index contributed by atoms with van der Waals surface area (Å²) < 4.78 is 0. The van der Waals surface area contributed by atoms with Crippen molar-refractivity contribution in [1.29, 1.82) is 0 Å². The molecule has 1 aliphatic heterocycles. The van der Waals surface area contributed by atoms with Crippen LogP contribution in [0.1, 0.15) is 12.6 Å². The first-order valence-electron chi connectivity index (χ1n) is 3.89. The van der Waals surface area contributed by atoms with Crippen molar-refractivity contribution >= 4 is 17.8 Å². The first-order chi connectivity index (χ1) is 6.27. The van der Waals surface area contributed by atoms with Crippen LogP contribution in [0.3, 0.4) is 0 Å². The van der Waals surface area contributed by atoms with Crippen molar-refractivity contribution in [2.24, 2.45) is 5.16 Å². The molecule has 0 saturated carbocycles. The molecule has 0 radical (unpaired) electrons. The van der Waals surface area contributed by atoms with Crippen molar-refractivity contribution in [3.8, 4) is 0 Å². The second-order valence-electron chi connectivity index (χ2n) is 2.74. The predicted molar refractivity (Wildman–Crippen MR) is 48.0 cm³/mol. The van der Waals surface area contributed by atoms with E-state index in [1.54, 1.807) is 19.2 Å². The van der Waals surface area contributed by atoms with Crippen LogP contribution in [0.5, 0.6) is 0 Å². The summed E-state index contributed by atoms with van der Waals surface area (Å²) in [7, 11) is 0. The zero-order valence-corrected chi connectivity index (χ0v) is 7.07. The van der Waals surface area contributed by atoms with E-state index in [2.05, 4.69) is 15.0 Å². The molecule has 2 rings (SSSR count). The number of nitrogens with zero attached hydrogens (tertiary/aromatic N) is 1. The van der Waals surface area contributed by atoms with E-state index >= 15 is 0 Å². The van der Waals surface area contributed by atoms with E-state index in [-0.39, 0.29) is 0 Å². The number of aromatic nitrogens is 1. The maximum Gasteiger partial charge on any atom is 0.367 e. The van der Waals surface area contributed by atoms with Gasteiger partial charge in [0.05, 0.1) is 11.3 Å². The van der Waals surface area contributed by atoms with Crippen LogP contribution in [0.15, 0.2) is 29.1 Å². The minimum absolute atomic E-state index is 0.396. The second-order valence-corrected chi connectivity index (χ2v) is 2.74. The molecular formula is C9H8N2O2. The molecule has 0 fully saturated rings. The molecule has 2 heterocycles. The molecule has 1 aliphatic rings. The number of hydrogen-bond acceptors (Lipinski definition) is 3. The summed E-state index contributed by atoms with van der Waals surface area (Å²) in [6.45, 7) is 1.74. The molecule has 0 spiro atoms. The Morgan fingerprint density at radius 1 is 1.62 bits per heavy atom. The van der Waals surface area contributed by atoms with Gasteiger partial charge in [0, 0.05) is 11.9 Å². The maximum absolute atomic E-state index is 11.1. The smallest absolute Gasteiger partial charge is 0.362 e. The highest BCUT2D eigenvalue weighted by Gasteiger charge is 2.21. The van der Waals surface area contributed by atoms with Gasteiger partial charge in [0.1, 0.15) is 0 Å². The highest BCUT2D eigenvalue weighted by molar-refractivity contribution is 6.24. The fourth-order valence-corrected chi connectivity index (χ4v) is 1.11. The number of rotatable bonds is 1. The Morgan fingerprint density at radius 2 is 2.46 bits per heavy atom. The maximum atomic E-state index is 11.1. The SMILES string of the molecule is CC1=NOC(=O)/C1=C/c1ccc[nH]1. The third-order valence-electron chi connectivity index (χ3n) is 1.80. The number of hydrogen-bond donors (Lipinski definition) is 1. The zero-order valence-electron chi connectivity index (χ0n) is 7.07. The number of aromatic amines is 1. The Bertz CT molecular complexity index is 388. The fraction of sp³-hybridized carbons (Fsp3) is 0.111. The van der Waals surface area contributed by atoms with Crippen LogP contribution in [0.2, 0.25) is 0 Å². The minimum Gasteiger partial charge on any atom is -0.362 e. The highest BCUT2D eigenvalue weighted by atomic mass is 16.7. The van der Waals surface area contributed by atoms with Gasteiger partial charge in [-0.1, -0.05) is 5.16 Å². The van der Waals surface area contributed by atoms with Crippen LogP contribution in [0.4, 0.5) is 0 Å². The van der Waals surface area contributed by atoms with Crippen LogP contribution in [0, 0.1) is 0 Å². The van der Waals surface area contributed by atoms with Crippen molar-refractivity contribution in [2.75, 3.05) is 0 Å². The van der Waals surface area contributed by atoms with Gasteiger partial charge in [0.15, 0.2) is 0 Å². The zero-order chi connectivity index (χ0) is 9.26. The van der Waals surface area contributed by atoms with E-state index in [0.29, 0.717) is 11.3 Å². The third-order valence-corrected chi connectivity index (χ3v) is 1.80. The second kappa shape index (κ2) is 2.90. The monoisotopic (exact) mass is 176 g/mol. The fourth-order valence-electron chi connectivity index (χ4n) is 1.11. The molecule has 66 valence electrons. The van der Waals surface area contributed by atoms with E-state index in [0.717, 1.165) is 5.69 Å². The van der Waals surface area contributed by atoms with Crippen LogP contribution in [-0.2, 0) is 9.63 Å². The molecular weight excluding hydrogens is 168 g/mol. The molecule has 0 aromatic carbocycles. The number of nitrogens with one attached hydrogen (secondary N) is 1. The summed E-state index contributed by atoms with van der Waals surface area (Å²) in [6.07, 6.45) is 3.51. The standard InChI is InChI=1S/C9H8N2O2/c1-6-8(9(12)13-11-6)5-7-3-2-4-10-7/h2-5,10H,1H3/b8-5+. The summed E-state index contributed by atoms with van der Waals surface area (Å²) in [5.41, 5.74) is 1.98. The van der Waals surface area contributed by atoms with Crippen molar-refractivity contribution in [1.82, 2.24) is 4.98 Å². The lowest BCUT2D eigenvalue weighted by Gasteiger charge is -1.90. The minimum atomic E-state index is -0.396. The van der Waals surface area contributed by atoms with Gasteiger partial charge in [-0.25, -0.2) is 4.79 Å². The van der Waals surface area contributed by atoms with Gasteiger partial charge in [-0.05, 0) is 25.1 Å². The lowest BCUT2D eigenvalue weighted by atomic mass is 10.1. The lowest BCUT2D eigenvalue weighted by Crippen LogP contribution is -2.01. The summed E-state index contributed by atoms with van der Waals surface area (Å²) in [5, 5.41) is 3.56.